The molecule has 0 spiro atoms. The van der Waals surface area contributed by atoms with E-state index in [1.54, 1.807) is 31.2 Å². The van der Waals surface area contributed by atoms with Gasteiger partial charge < -0.3 is 4.74 Å². The first kappa shape index (κ1) is 23.9. The second-order valence-corrected chi connectivity index (χ2v) is 7.66. The Kier molecular flexibility index (Phi) is 7.78. The number of carbonyl (C=O) groups excluding carboxylic acids is 2. The topological polar surface area (TPSA) is 102 Å². The van der Waals surface area contributed by atoms with Crippen LogP contribution in [0.2, 0.25) is 5.02 Å². The molecule has 1 aromatic heterocycles. The number of aromatic nitrogens is 2. The summed E-state index contributed by atoms with van der Waals surface area (Å²) in [5.41, 5.74) is 4.58. The van der Waals surface area contributed by atoms with Crippen LogP contribution < -0.4 is 21.0 Å². The second kappa shape index (κ2) is 10.7. The molecule has 2 amide bonds. The van der Waals surface area contributed by atoms with Crippen molar-refractivity contribution < 1.29 is 18.7 Å². The molecule has 0 unspecified atom stereocenters. The lowest BCUT2D eigenvalue weighted by molar-refractivity contribution is -0.122. The molecule has 10 heteroatoms. The van der Waals surface area contributed by atoms with E-state index >= 15 is 0 Å². The molecule has 3 rings (SSSR count). The highest BCUT2D eigenvalue weighted by atomic mass is 35.5. The second-order valence-electron chi connectivity index (χ2n) is 7.23. The molecule has 8 nitrogen and oxygen atoms in total. The number of amides is 2. The predicted molar refractivity (Wildman–Crippen MR) is 121 cm³/mol. The third-order valence-corrected chi connectivity index (χ3v) is 4.90. The van der Waals surface area contributed by atoms with Gasteiger partial charge in [0.25, 0.3) is 5.91 Å². The van der Waals surface area contributed by atoms with Crippen LogP contribution in [-0.2, 0) is 4.79 Å². The molecule has 0 radical (unpaired) electrons. The van der Waals surface area contributed by atoms with Crippen LogP contribution >= 0.6 is 11.6 Å². The average Bonchev–Trinajstić information content (AvgIpc) is 2.77. The van der Waals surface area contributed by atoms with Crippen molar-refractivity contribution in [3.63, 3.8) is 0 Å². The van der Waals surface area contributed by atoms with Crippen molar-refractivity contribution in [1.29, 1.82) is 0 Å². The maximum atomic E-state index is 14.1. The summed E-state index contributed by atoms with van der Waals surface area (Å²) in [5.74, 6) is -1.27. The van der Waals surface area contributed by atoms with E-state index in [2.05, 4.69) is 16.0 Å². The third kappa shape index (κ3) is 6.17. The fraction of sp³-hybridized carbons (Fsp3) is 0.217. The van der Waals surface area contributed by atoms with Crippen molar-refractivity contribution in [2.75, 3.05) is 6.61 Å². The highest BCUT2D eigenvalue weighted by Gasteiger charge is 2.17. The molecule has 2 N–H and O–H groups in total. The number of halogens is 2. The number of benzene rings is 2. The maximum Gasteiger partial charge on any atom is 0.294 e. The molecule has 0 atom stereocenters. The SMILES string of the molecule is Cc1cc(Cl)ccc1OCCCC(=O)NNC(=O)c1nn(-c2ccccc2F)c(C)cc1=O. The minimum Gasteiger partial charge on any atom is -0.493 e. The van der Waals surface area contributed by atoms with Gasteiger partial charge in [0.15, 0.2) is 5.69 Å². The van der Waals surface area contributed by atoms with Crippen LogP contribution in [0.1, 0.15) is 34.6 Å². The number of hydrogen-bond acceptors (Lipinski definition) is 5. The zero-order valence-corrected chi connectivity index (χ0v) is 18.8. The van der Waals surface area contributed by atoms with E-state index in [-0.39, 0.29) is 18.7 Å². The Morgan fingerprint density at radius 2 is 1.88 bits per heavy atom. The van der Waals surface area contributed by atoms with Gasteiger partial charge in [-0.05, 0) is 56.2 Å². The predicted octanol–water partition coefficient (Wildman–Crippen LogP) is 3.26. The van der Waals surface area contributed by atoms with E-state index in [4.69, 9.17) is 16.3 Å². The van der Waals surface area contributed by atoms with Gasteiger partial charge in [-0.25, -0.2) is 9.07 Å². The number of hydrazine groups is 1. The molecule has 0 aliphatic carbocycles. The molecule has 0 bridgehead atoms. The fourth-order valence-electron chi connectivity index (χ4n) is 3.01. The molecule has 0 aliphatic rings. The lowest BCUT2D eigenvalue weighted by Gasteiger charge is -2.12. The zero-order chi connectivity index (χ0) is 24.0. The van der Waals surface area contributed by atoms with Crippen molar-refractivity contribution in [2.24, 2.45) is 0 Å². The number of nitrogens with zero attached hydrogens (tertiary/aromatic N) is 2. The molecule has 0 aliphatic heterocycles. The molecule has 172 valence electrons. The quantitative estimate of drug-likeness (QED) is 0.406. The highest BCUT2D eigenvalue weighted by Crippen LogP contribution is 2.21. The summed E-state index contributed by atoms with van der Waals surface area (Å²) in [7, 11) is 0. The lowest BCUT2D eigenvalue weighted by Crippen LogP contribution is -2.44. The number of rotatable bonds is 7. The van der Waals surface area contributed by atoms with Crippen LogP contribution in [0.15, 0.2) is 53.3 Å². The first-order chi connectivity index (χ1) is 15.8. The Labute approximate surface area is 194 Å². The standard InChI is InChI=1S/C23H22ClFN4O4/c1-14-12-16(24)9-10-20(14)33-11-5-8-21(31)26-27-23(32)22-19(30)13-15(2)29(28-22)18-7-4-3-6-17(18)25/h3-4,6-7,9-10,12-13H,5,8,11H2,1-2H3,(H,26,31)(H,27,32). The normalized spacial score (nSPS) is 10.5. The highest BCUT2D eigenvalue weighted by molar-refractivity contribution is 6.30. The van der Waals surface area contributed by atoms with Gasteiger partial charge in [0.1, 0.15) is 17.3 Å². The number of aryl methyl sites for hydroxylation is 2. The smallest absolute Gasteiger partial charge is 0.294 e. The van der Waals surface area contributed by atoms with Gasteiger partial charge in [-0.1, -0.05) is 23.7 Å². The van der Waals surface area contributed by atoms with E-state index in [9.17, 15) is 18.8 Å². The van der Waals surface area contributed by atoms with E-state index in [0.29, 0.717) is 22.9 Å². The summed E-state index contributed by atoms with van der Waals surface area (Å²) < 4.78 is 20.9. The fourth-order valence-corrected chi connectivity index (χ4v) is 3.24. The molecule has 33 heavy (non-hydrogen) atoms. The van der Waals surface area contributed by atoms with Crippen LogP contribution in [0.4, 0.5) is 4.39 Å². The Balaban J connectivity index is 1.55. The van der Waals surface area contributed by atoms with Gasteiger partial charge in [-0.2, -0.15) is 5.10 Å². The molecule has 1 heterocycles. The molecule has 2 aromatic carbocycles. The number of hydrogen-bond donors (Lipinski definition) is 2. The van der Waals surface area contributed by atoms with Crippen LogP contribution in [0.25, 0.3) is 5.69 Å². The number of carbonyl (C=O) groups is 2. The number of nitrogens with one attached hydrogen (secondary N) is 2. The van der Waals surface area contributed by atoms with Gasteiger partial charge in [-0.15, -0.1) is 0 Å². The summed E-state index contributed by atoms with van der Waals surface area (Å²) in [5, 5.41) is 4.59. The first-order valence-corrected chi connectivity index (χ1v) is 10.5. The van der Waals surface area contributed by atoms with Crippen molar-refractivity contribution in [1.82, 2.24) is 20.6 Å². The van der Waals surface area contributed by atoms with Crippen molar-refractivity contribution in [2.45, 2.75) is 26.7 Å². The summed E-state index contributed by atoms with van der Waals surface area (Å²) in [6.07, 6.45) is 0.473. The minimum absolute atomic E-state index is 0.0771. The van der Waals surface area contributed by atoms with E-state index in [0.717, 1.165) is 10.2 Å². The van der Waals surface area contributed by atoms with Crippen molar-refractivity contribution in [3.8, 4) is 11.4 Å². The van der Waals surface area contributed by atoms with Crippen LogP contribution in [0.3, 0.4) is 0 Å². The Morgan fingerprint density at radius 3 is 2.61 bits per heavy atom. The van der Waals surface area contributed by atoms with Crippen LogP contribution in [0, 0.1) is 19.7 Å². The Hall–Kier alpha value is -3.72. The number of para-hydroxylation sites is 1. The lowest BCUT2D eigenvalue weighted by atomic mass is 10.2. The van der Waals surface area contributed by atoms with Crippen molar-refractivity contribution >= 4 is 23.4 Å². The van der Waals surface area contributed by atoms with Gasteiger partial charge in [-0.3, -0.25) is 25.2 Å². The van der Waals surface area contributed by atoms with E-state index < -0.39 is 28.8 Å². The van der Waals surface area contributed by atoms with Gasteiger partial charge >= 0.3 is 0 Å². The molecule has 3 aromatic rings. The summed E-state index contributed by atoms with van der Waals surface area (Å²) in [6.45, 7) is 3.72. The van der Waals surface area contributed by atoms with Crippen LogP contribution in [0.5, 0.6) is 5.75 Å². The summed E-state index contributed by atoms with van der Waals surface area (Å²) in [4.78, 5) is 36.6. The summed E-state index contributed by atoms with van der Waals surface area (Å²) in [6, 6.07) is 12.2. The Bertz CT molecular complexity index is 1250. The average molecular weight is 473 g/mol. The maximum absolute atomic E-state index is 14.1. The monoisotopic (exact) mass is 472 g/mol. The molecular weight excluding hydrogens is 451 g/mol. The third-order valence-electron chi connectivity index (χ3n) is 4.66. The Morgan fingerprint density at radius 1 is 1.12 bits per heavy atom. The van der Waals surface area contributed by atoms with Gasteiger partial charge in [0, 0.05) is 23.2 Å². The largest absolute Gasteiger partial charge is 0.493 e. The molecule has 0 saturated carbocycles. The van der Waals surface area contributed by atoms with E-state index in [1.807, 2.05) is 6.92 Å². The van der Waals surface area contributed by atoms with Crippen LogP contribution in [-0.4, -0.2) is 28.2 Å². The molecular formula is C23H22ClFN4O4. The molecule has 0 fully saturated rings. The minimum atomic E-state index is -0.911. The first-order valence-electron chi connectivity index (χ1n) is 10.1. The molecule has 0 saturated heterocycles. The zero-order valence-electron chi connectivity index (χ0n) is 18.0. The number of ether oxygens (including phenoxy) is 1. The summed E-state index contributed by atoms with van der Waals surface area (Å²) >= 11 is 5.90. The van der Waals surface area contributed by atoms with E-state index in [1.165, 1.54) is 24.3 Å². The van der Waals surface area contributed by atoms with Gasteiger partial charge in [0.05, 0.1) is 6.61 Å². The van der Waals surface area contributed by atoms with Gasteiger partial charge in [0.2, 0.25) is 11.3 Å². The van der Waals surface area contributed by atoms with Crippen molar-refractivity contribution in [3.05, 3.63) is 86.5 Å².